The van der Waals surface area contributed by atoms with Crippen LogP contribution in [0.4, 0.5) is 0 Å². The van der Waals surface area contributed by atoms with E-state index < -0.39 is 0 Å². The number of rotatable bonds is 2. The normalized spacial score (nSPS) is 16.5. The van der Waals surface area contributed by atoms with Gasteiger partial charge < -0.3 is 0 Å². The Morgan fingerprint density at radius 2 is 2.20 bits per heavy atom. The lowest BCUT2D eigenvalue weighted by atomic mass is 9.98. The molecule has 2 nitrogen and oxygen atoms in total. The second-order valence-corrected chi connectivity index (χ2v) is 4.43. The van der Waals surface area contributed by atoms with Gasteiger partial charge in [-0.25, -0.2) is 0 Å². The lowest BCUT2D eigenvalue weighted by Crippen LogP contribution is -2.02. The summed E-state index contributed by atoms with van der Waals surface area (Å²) in [6, 6.07) is 2.56. The molecule has 0 unspecified atom stereocenters. The zero-order chi connectivity index (χ0) is 10.8. The van der Waals surface area contributed by atoms with Gasteiger partial charge in [-0.1, -0.05) is 17.7 Å². The average Bonchev–Trinajstić information content (AvgIpc) is 2.66. The SMILES string of the molecule is CC1=CCCC(c2ccn(C(C)C)n2)=C1. The molecule has 1 aliphatic rings. The van der Waals surface area contributed by atoms with Crippen molar-refractivity contribution >= 4 is 5.57 Å². The Bertz CT molecular complexity index is 408. The molecular formula is C13H18N2. The molecule has 2 heteroatoms. The molecule has 0 fully saturated rings. The van der Waals surface area contributed by atoms with Gasteiger partial charge in [-0.3, -0.25) is 4.68 Å². The van der Waals surface area contributed by atoms with Crippen LogP contribution in [0.2, 0.25) is 0 Å². The molecule has 0 saturated carbocycles. The van der Waals surface area contributed by atoms with Crippen LogP contribution in [0.3, 0.4) is 0 Å². The molecule has 2 rings (SSSR count). The molecule has 0 saturated heterocycles. The molecule has 0 amide bonds. The van der Waals surface area contributed by atoms with Crippen molar-refractivity contribution in [3.63, 3.8) is 0 Å². The van der Waals surface area contributed by atoms with E-state index in [4.69, 9.17) is 0 Å². The maximum atomic E-state index is 4.59. The first-order valence-electron chi connectivity index (χ1n) is 5.59. The maximum Gasteiger partial charge on any atom is 0.0883 e. The van der Waals surface area contributed by atoms with Gasteiger partial charge in [0, 0.05) is 12.2 Å². The van der Waals surface area contributed by atoms with E-state index in [1.54, 1.807) is 0 Å². The highest BCUT2D eigenvalue weighted by Crippen LogP contribution is 2.25. The number of allylic oxidation sites excluding steroid dienone is 4. The topological polar surface area (TPSA) is 17.8 Å². The molecule has 0 radical (unpaired) electrons. The van der Waals surface area contributed by atoms with Crippen LogP contribution in [0.25, 0.3) is 5.57 Å². The fourth-order valence-corrected chi connectivity index (χ4v) is 1.86. The lowest BCUT2D eigenvalue weighted by molar-refractivity contribution is 0.531. The van der Waals surface area contributed by atoms with Gasteiger partial charge in [0.2, 0.25) is 0 Å². The Hall–Kier alpha value is -1.31. The van der Waals surface area contributed by atoms with Crippen molar-refractivity contribution in [1.29, 1.82) is 0 Å². The number of hydrogen-bond acceptors (Lipinski definition) is 1. The van der Waals surface area contributed by atoms with Crippen LogP contribution < -0.4 is 0 Å². The summed E-state index contributed by atoms with van der Waals surface area (Å²) in [7, 11) is 0. The standard InChI is InChI=1S/C13H18N2/c1-10(2)15-8-7-13(14-15)12-6-4-5-11(3)9-12/h5,7-10H,4,6H2,1-3H3. The molecule has 0 atom stereocenters. The summed E-state index contributed by atoms with van der Waals surface area (Å²) >= 11 is 0. The minimum absolute atomic E-state index is 0.444. The van der Waals surface area contributed by atoms with Crippen molar-refractivity contribution in [1.82, 2.24) is 9.78 Å². The zero-order valence-corrected chi connectivity index (χ0v) is 9.70. The van der Waals surface area contributed by atoms with Crippen LogP contribution in [-0.4, -0.2) is 9.78 Å². The zero-order valence-electron chi connectivity index (χ0n) is 9.70. The van der Waals surface area contributed by atoms with Crippen molar-refractivity contribution in [2.24, 2.45) is 0 Å². The third kappa shape index (κ3) is 2.20. The van der Waals surface area contributed by atoms with E-state index >= 15 is 0 Å². The molecule has 0 aliphatic heterocycles. The average molecular weight is 202 g/mol. The molecule has 0 bridgehead atoms. The van der Waals surface area contributed by atoms with Crippen molar-refractivity contribution in [3.05, 3.63) is 35.7 Å². The quantitative estimate of drug-likeness (QED) is 0.716. The van der Waals surface area contributed by atoms with Crippen molar-refractivity contribution < 1.29 is 0 Å². The molecule has 1 aromatic heterocycles. The third-order valence-corrected chi connectivity index (χ3v) is 2.75. The van der Waals surface area contributed by atoms with E-state index in [-0.39, 0.29) is 0 Å². The summed E-state index contributed by atoms with van der Waals surface area (Å²) in [6.07, 6.45) is 8.85. The van der Waals surface area contributed by atoms with Crippen LogP contribution in [0, 0.1) is 0 Å². The van der Waals surface area contributed by atoms with Gasteiger partial charge in [0.15, 0.2) is 0 Å². The molecule has 0 aromatic carbocycles. The minimum Gasteiger partial charge on any atom is -0.270 e. The predicted molar refractivity (Wildman–Crippen MR) is 63.6 cm³/mol. The Kier molecular flexibility index (Phi) is 2.76. The fraction of sp³-hybridized carbons (Fsp3) is 0.462. The number of hydrogen-bond donors (Lipinski definition) is 0. The van der Waals surface area contributed by atoms with E-state index in [0.29, 0.717) is 6.04 Å². The lowest BCUT2D eigenvalue weighted by Gasteiger charge is -2.09. The van der Waals surface area contributed by atoms with Gasteiger partial charge in [0.25, 0.3) is 0 Å². The first-order chi connectivity index (χ1) is 7.16. The Morgan fingerprint density at radius 1 is 1.40 bits per heavy atom. The summed E-state index contributed by atoms with van der Waals surface area (Å²) in [5, 5.41) is 4.59. The van der Waals surface area contributed by atoms with E-state index in [9.17, 15) is 0 Å². The van der Waals surface area contributed by atoms with Gasteiger partial charge in [0.1, 0.15) is 0 Å². The molecule has 0 spiro atoms. The molecule has 0 N–H and O–H groups in total. The minimum atomic E-state index is 0.444. The third-order valence-electron chi connectivity index (χ3n) is 2.75. The van der Waals surface area contributed by atoms with Gasteiger partial charge in [0.05, 0.1) is 5.69 Å². The van der Waals surface area contributed by atoms with E-state index in [1.165, 1.54) is 11.1 Å². The van der Waals surface area contributed by atoms with E-state index in [1.807, 2.05) is 4.68 Å². The van der Waals surface area contributed by atoms with Gasteiger partial charge in [-0.05, 0) is 45.3 Å². The molecule has 1 heterocycles. The molecule has 15 heavy (non-hydrogen) atoms. The monoisotopic (exact) mass is 202 g/mol. The van der Waals surface area contributed by atoms with Crippen molar-refractivity contribution in [2.45, 2.75) is 39.7 Å². The second-order valence-electron chi connectivity index (χ2n) is 4.43. The van der Waals surface area contributed by atoms with Crippen LogP contribution >= 0.6 is 0 Å². The summed E-state index contributed by atoms with van der Waals surface area (Å²) in [6.45, 7) is 6.45. The molecular weight excluding hydrogens is 184 g/mol. The van der Waals surface area contributed by atoms with Gasteiger partial charge in [-0.2, -0.15) is 5.10 Å². The van der Waals surface area contributed by atoms with Crippen LogP contribution in [-0.2, 0) is 0 Å². The Labute approximate surface area is 91.3 Å². The number of nitrogens with zero attached hydrogens (tertiary/aromatic N) is 2. The van der Waals surface area contributed by atoms with E-state index in [2.05, 4.69) is 50.3 Å². The molecule has 1 aliphatic carbocycles. The summed E-state index contributed by atoms with van der Waals surface area (Å²) < 4.78 is 2.02. The molecule has 1 aromatic rings. The van der Waals surface area contributed by atoms with Gasteiger partial charge >= 0.3 is 0 Å². The van der Waals surface area contributed by atoms with Crippen molar-refractivity contribution in [2.75, 3.05) is 0 Å². The highest BCUT2D eigenvalue weighted by Gasteiger charge is 2.09. The highest BCUT2D eigenvalue weighted by molar-refractivity contribution is 5.66. The predicted octanol–water partition coefficient (Wildman–Crippen LogP) is 3.59. The first-order valence-corrected chi connectivity index (χ1v) is 5.59. The van der Waals surface area contributed by atoms with Gasteiger partial charge in [-0.15, -0.1) is 0 Å². The smallest absolute Gasteiger partial charge is 0.0883 e. The van der Waals surface area contributed by atoms with E-state index in [0.717, 1.165) is 18.5 Å². The van der Waals surface area contributed by atoms with Crippen LogP contribution in [0.15, 0.2) is 30.0 Å². The van der Waals surface area contributed by atoms with Crippen molar-refractivity contribution in [3.8, 4) is 0 Å². The Balaban J connectivity index is 2.26. The Morgan fingerprint density at radius 3 is 2.80 bits per heavy atom. The maximum absolute atomic E-state index is 4.59. The van der Waals surface area contributed by atoms with Crippen LogP contribution in [0.1, 0.15) is 45.3 Å². The second kappa shape index (κ2) is 4.05. The fourth-order valence-electron chi connectivity index (χ4n) is 1.86. The molecule has 80 valence electrons. The first kappa shape index (κ1) is 10.2. The van der Waals surface area contributed by atoms with Crippen LogP contribution in [0.5, 0.6) is 0 Å². The highest BCUT2D eigenvalue weighted by atomic mass is 15.3. The number of aromatic nitrogens is 2. The summed E-state index contributed by atoms with van der Waals surface area (Å²) in [5.74, 6) is 0. The summed E-state index contributed by atoms with van der Waals surface area (Å²) in [5.41, 5.74) is 3.86. The summed E-state index contributed by atoms with van der Waals surface area (Å²) in [4.78, 5) is 0. The largest absolute Gasteiger partial charge is 0.270 e.